The number of para-hydroxylation sites is 1. The number of halogens is 1. The Labute approximate surface area is 150 Å². The van der Waals surface area contributed by atoms with Crippen LogP contribution in [-0.2, 0) is 9.59 Å². The maximum Gasteiger partial charge on any atom is 0.244 e. The number of hydrogen-bond donors (Lipinski definition) is 1. The van der Waals surface area contributed by atoms with E-state index in [9.17, 15) is 9.59 Å². The molecule has 0 radical (unpaired) electrons. The second-order valence-electron chi connectivity index (χ2n) is 6.69. The number of anilines is 1. The summed E-state index contributed by atoms with van der Waals surface area (Å²) in [6.07, 6.45) is 0. The van der Waals surface area contributed by atoms with Crippen LogP contribution < -0.4 is 5.32 Å². The van der Waals surface area contributed by atoms with Gasteiger partial charge in [0.15, 0.2) is 0 Å². The highest BCUT2D eigenvalue weighted by atomic mass is 35.5. The Balaban J connectivity index is 2.56. The molecule has 0 spiro atoms. The van der Waals surface area contributed by atoms with Crippen molar-refractivity contribution in [1.82, 2.24) is 9.80 Å². The van der Waals surface area contributed by atoms with E-state index in [1.165, 1.54) is 4.90 Å². The molecular weight excluding hydrogens is 326 g/mol. The lowest BCUT2D eigenvalue weighted by Gasteiger charge is -2.29. The van der Waals surface area contributed by atoms with E-state index in [1.54, 1.807) is 31.3 Å². The first-order valence-corrected chi connectivity index (χ1v) is 8.61. The van der Waals surface area contributed by atoms with E-state index in [1.807, 2.05) is 0 Å². The summed E-state index contributed by atoms with van der Waals surface area (Å²) in [7, 11) is 1.64. The smallest absolute Gasteiger partial charge is 0.244 e. The average Bonchev–Trinajstić information content (AvgIpc) is 2.48. The molecule has 0 atom stereocenters. The molecule has 24 heavy (non-hydrogen) atoms. The number of benzene rings is 1. The molecule has 6 heteroatoms. The maximum atomic E-state index is 12.4. The topological polar surface area (TPSA) is 52.7 Å². The van der Waals surface area contributed by atoms with Gasteiger partial charge in [-0.3, -0.25) is 14.5 Å². The number of nitrogens with zero attached hydrogens (tertiary/aromatic N) is 2. The van der Waals surface area contributed by atoms with Crippen molar-refractivity contribution in [2.24, 2.45) is 5.92 Å². The number of carbonyl (C=O) groups excluding carboxylic acids is 2. The Morgan fingerprint density at radius 2 is 1.75 bits per heavy atom. The molecule has 0 saturated heterocycles. The van der Waals surface area contributed by atoms with Crippen molar-refractivity contribution in [1.29, 1.82) is 0 Å². The number of hydrogen-bond acceptors (Lipinski definition) is 3. The molecule has 0 aromatic heterocycles. The molecule has 0 aliphatic carbocycles. The maximum absolute atomic E-state index is 12.4. The highest BCUT2D eigenvalue weighted by Gasteiger charge is 2.19. The number of likely N-dealkylation sites (N-methyl/N-ethyl adjacent to an activating group) is 1. The van der Waals surface area contributed by atoms with Crippen molar-refractivity contribution < 1.29 is 9.59 Å². The standard InChI is InChI=1S/C18H28ClN3O2/c1-13(2)10-22(14(3)4)12-18(24)21(5)11-17(23)20-16-9-7-6-8-15(16)19/h6-9,13-14H,10-12H2,1-5H3,(H,20,23). The van der Waals surface area contributed by atoms with Gasteiger partial charge in [0.25, 0.3) is 0 Å². The summed E-state index contributed by atoms with van der Waals surface area (Å²) >= 11 is 6.02. The van der Waals surface area contributed by atoms with Crippen LogP contribution in [0.2, 0.25) is 5.02 Å². The van der Waals surface area contributed by atoms with E-state index >= 15 is 0 Å². The number of nitrogens with one attached hydrogen (secondary N) is 1. The van der Waals surface area contributed by atoms with Crippen LogP contribution in [0.4, 0.5) is 5.69 Å². The fraction of sp³-hybridized carbons (Fsp3) is 0.556. The summed E-state index contributed by atoms with van der Waals surface area (Å²) in [5, 5.41) is 3.20. The van der Waals surface area contributed by atoms with Gasteiger partial charge in [-0.1, -0.05) is 37.6 Å². The van der Waals surface area contributed by atoms with E-state index in [0.717, 1.165) is 6.54 Å². The predicted octanol–water partition coefficient (Wildman–Crippen LogP) is 3.10. The van der Waals surface area contributed by atoms with Crippen molar-refractivity contribution in [2.45, 2.75) is 33.7 Å². The van der Waals surface area contributed by atoms with Crippen molar-refractivity contribution >= 4 is 29.1 Å². The molecule has 1 rings (SSSR count). The van der Waals surface area contributed by atoms with Crippen LogP contribution in [0.3, 0.4) is 0 Å². The van der Waals surface area contributed by atoms with Crippen molar-refractivity contribution in [3.8, 4) is 0 Å². The van der Waals surface area contributed by atoms with Gasteiger partial charge in [0.05, 0.1) is 23.8 Å². The largest absolute Gasteiger partial charge is 0.335 e. The summed E-state index contributed by atoms with van der Waals surface area (Å²) in [6.45, 7) is 9.55. The molecule has 0 heterocycles. The molecule has 5 nitrogen and oxygen atoms in total. The first-order chi connectivity index (χ1) is 11.2. The third-order valence-electron chi connectivity index (χ3n) is 3.62. The normalized spacial score (nSPS) is 11.2. The Kier molecular flexibility index (Phi) is 8.22. The summed E-state index contributed by atoms with van der Waals surface area (Å²) in [5.41, 5.74) is 0.550. The van der Waals surface area contributed by atoms with Gasteiger partial charge >= 0.3 is 0 Å². The lowest BCUT2D eigenvalue weighted by Crippen LogP contribution is -2.45. The van der Waals surface area contributed by atoms with Gasteiger partial charge in [0.1, 0.15) is 0 Å². The fourth-order valence-electron chi connectivity index (χ4n) is 2.28. The molecular formula is C18H28ClN3O2. The van der Waals surface area contributed by atoms with Gasteiger partial charge in [-0.25, -0.2) is 0 Å². The van der Waals surface area contributed by atoms with Gasteiger partial charge in [-0.15, -0.1) is 0 Å². The minimum Gasteiger partial charge on any atom is -0.335 e. The Morgan fingerprint density at radius 1 is 1.12 bits per heavy atom. The Morgan fingerprint density at radius 3 is 2.29 bits per heavy atom. The second kappa shape index (κ2) is 9.64. The third kappa shape index (κ3) is 6.89. The van der Waals surface area contributed by atoms with E-state index in [-0.39, 0.29) is 24.4 Å². The SMILES string of the molecule is CC(C)CN(CC(=O)N(C)CC(=O)Nc1ccccc1Cl)C(C)C. The molecule has 0 fully saturated rings. The molecule has 134 valence electrons. The lowest BCUT2D eigenvalue weighted by atomic mass is 10.2. The second-order valence-corrected chi connectivity index (χ2v) is 7.10. The van der Waals surface area contributed by atoms with Crippen LogP contribution in [0.25, 0.3) is 0 Å². The number of carbonyl (C=O) groups is 2. The van der Waals surface area contributed by atoms with Crippen molar-refractivity contribution in [3.63, 3.8) is 0 Å². The average molecular weight is 354 g/mol. The predicted molar refractivity (Wildman–Crippen MR) is 99.3 cm³/mol. The third-order valence-corrected chi connectivity index (χ3v) is 3.95. The van der Waals surface area contributed by atoms with Crippen LogP contribution in [-0.4, -0.2) is 54.3 Å². The van der Waals surface area contributed by atoms with Gasteiger partial charge < -0.3 is 10.2 Å². The van der Waals surface area contributed by atoms with E-state index in [4.69, 9.17) is 11.6 Å². The van der Waals surface area contributed by atoms with Crippen LogP contribution in [0, 0.1) is 5.92 Å². The van der Waals surface area contributed by atoms with Crippen LogP contribution in [0.1, 0.15) is 27.7 Å². The van der Waals surface area contributed by atoms with Gasteiger partial charge in [-0.2, -0.15) is 0 Å². The highest BCUT2D eigenvalue weighted by molar-refractivity contribution is 6.33. The molecule has 1 aromatic carbocycles. The van der Waals surface area contributed by atoms with Crippen LogP contribution in [0.15, 0.2) is 24.3 Å². The molecule has 0 aliphatic heterocycles. The molecule has 2 amide bonds. The van der Waals surface area contributed by atoms with Crippen LogP contribution in [0.5, 0.6) is 0 Å². The minimum absolute atomic E-state index is 0.00231. The number of rotatable bonds is 8. The van der Waals surface area contributed by atoms with E-state index < -0.39 is 0 Å². The first kappa shape index (κ1) is 20.5. The van der Waals surface area contributed by atoms with Gasteiger partial charge in [-0.05, 0) is 31.9 Å². The summed E-state index contributed by atoms with van der Waals surface area (Å²) < 4.78 is 0. The molecule has 1 N–H and O–H groups in total. The summed E-state index contributed by atoms with van der Waals surface area (Å²) in [5.74, 6) is 0.145. The fourth-order valence-corrected chi connectivity index (χ4v) is 2.46. The Bertz CT molecular complexity index is 561. The van der Waals surface area contributed by atoms with Crippen molar-refractivity contribution in [2.75, 3.05) is 32.0 Å². The monoisotopic (exact) mass is 353 g/mol. The first-order valence-electron chi connectivity index (χ1n) is 8.23. The van der Waals surface area contributed by atoms with Gasteiger partial charge in [0, 0.05) is 19.6 Å². The minimum atomic E-state index is -0.265. The van der Waals surface area contributed by atoms with Gasteiger partial charge in [0.2, 0.25) is 11.8 Å². The summed E-state index contributed by atoms with van der Waals surface area (Å²) in [6, 6.07) is 7.30. The van der Waals surface area contributed by atoms with E-state index in [2.05, 4.69) is 37.9 Å². The zero-order valence-electron chi connectivity index (χ0n) is 15.2. The molecule has 1 aromatic rings. The van der Waals surface area contributed by atoms with Crippen LogP contribution >= 0.6 is 11.6 Å². The highest BCUT2D eigenvalue weighted by Crippen LogP contribution is 2.20. The molecule has 0 aliphatic rings. The quantitative estimate of drug-likeness (QED) is 0.781. The zero-order valence-corrected chi connectivity index (χ0v) is 15.9. The lowest BCUT2D eigenvalue weighted by molar-refractivity contribution is -0.134. The number of amides is 2. The Hall–Kier alpha value is -1.59. The van der Waals surface area contributed by atoms with E-state index in [0.29, 0.717) is 23.2 Å². The zero-order chi connectivity index (χ0) is 18.3. The molecule has 0 unspecified atom stereocenters. The molecule has 0 bridgehead atoms. The van der Waals surface area contributed by atoms with Crippen molar-refractivity contribution in [3.05, 3.63) is 29.3 Å². The summed E-state index contributed by atoms with van der Waals surface area (Å²) in [4.78, 5) is 28.0. The molecule has 0 saturated carbocycles.